The van der Waals surface area contributed by atoms with Crippen LogP contribution in [0.2, 0.25) is 0 Å². The molecule has 0 unspecified atom stereocenters. The molecule has 1 amide bonds. The normalized spacial score (nSPS) is 18.6. The van der Waals surface area contributed by atoms with Gasteiger partial charge in [0.2, 0.25) is 5.91 Å². The molecule has 1 rings (SSSR count). The van der Waals surface area contributed by atoms with Crippen molar-refractivity contribution in [3.8, 4) is 0 Å². The molecule has 0 atom stereocenters. The highest BCUT2D eigenvalue weighted by atomic mass is 16.5. The van der Waals surface area contributed by atoms with Crippen molar-refractivity contribution in [2.24, 2.45) is 5.73 Å². The highest BCUT2D eigenvalue weighted by Gasteiger charge is 2.19. The Hall–Kier alpha value is -0.610. The van der Waals surface area contributed by atoms with E-state index in [-0.39, 0.29) is 11.9 Å². The summed E-state index contributed by atoms with van der Waals surface area (Å²) in [5.41, 5.74) is 5.76. The Kier molecular flexibility index (Phi) is 4.90. The van der Waals surface area contributed by atoms with E-state index < -0.39 is 0 Å². The zero-order valence-corrected chi connectivity index (χ0v) is 8.87. The van der Waals surface area contributed by atoms with Crippen molar-refractivity contribution >= 4 is 5.91 Å². The van der Waals surface area contributed by atoms with E-state index in [4.69, 9.17) is 10.5 Å². The van der Waals surface area contributed by atoms with Crippen LogP contribution in [0.4, 0.5) is 0 Å². The maximum atomic E-state index is 11.6. The fourth-order valence-electron chi connectivity index (χ4n) is 1.67. The van der Waals surface area contributed by atoms with Gasteiger partial charge in [-0.25, -0.2) is 0 Å². The molecule has 4 nitrogen and oxygen atoms in total. The molecule has 1 saturated heterocycles. The molecule has 82 valence electrons. The van der Waals surface area contributed by atoms with Crippen molar-refractivity contribution in [2.45, 2.75) is 31.7 Å². The van der Waals surface area contributed by atoms with Gasteiger partial charge in [0, 0.05) is 39.3 Å². The van der Waals surface area contributed by atoms with Gasteiger partial charge in [-0.05, 0) is 19.3 Å². The molecule has 0 aromatic heterocycles. The number of hydrogen-bond donors (Lipinski definition) is 1. The van der Waals surface area contributed by atoms with E-state index >= 15 is 0 Å². The molecule has 0 spiro atoms. The number of methoxy groups -OCH3 is 1. The van der Waals surface area contributed by atoms with E-state index in [1.54, 1.807) is 7.11 Å². The second kappa shape index (κ2) is 5.98. The molecule has 1 fully saturated rings. The summed E-state index contributed by atoms with van der Waals surface area (Å²) in [4.78, 5) is 13.5. The standard InChI is InChI=1S/C10H20N2O2/c1-14-8-2-3-10(13)12-6-4-9(11)5-7-12/h9H,2-8,11H2,1H3. The number of rotatable bonds is 4. The third-order valence-electron chi connectivity index (χ3n) is 2.63. The molecule has 0 aromatic rings. The lowest BCUT2D eigenvalue weighted by molar-refractivity contribution is -0.132. The molecule has 0 radical (unpaired) electrons. The van der Waals surface area contributed by atoms with Gasteiger partial charge in [-0.15, -0.1) is 0 Å². The molecular weight excluding hydrogens is 180 g/mol. The zero-order valence-electron chi connectivity index (χ0n) is 8.87. The van der Waals surface area contributed by atoms with E-state index in [9.17, 15) is 4.79 Å². The van der Waals surface area contributed by atoms with Crippen LogP contribution in [0, 0.1) is 0 Å². The number of carbonyl (C=O) groups excluding carboxylic acids is 1. The number of ether oxygens (including phenoxy) is 1. The number of hydrogen-bond acceptors (Lipinski definition) is 3. The lowest BCUT2D eigenvalue weighted by atomic mass is 10.1. The van der Waals surface area contributed by atoms with Crippen LogP contribution < -0.4 is 5.73 Å². The number of piperidine rings is 1. The first-order chi connectivity index (χ1) is 6.74. The highest BCUT2D eigenvalue weighted by molar-refractivity contribution is 5.76. The maximum absolute atomic E-state index is 11.6. The monoisotopic (exact) mass is 200 g/mol. The molecular formula is C10H20N2O2. The Balaban J connectivity index is 2.17. The average Bonchev–Trinajstić information content (AvgIpc) is 2.19. The largest absolute Gasteiger partial charge is 0.385 e. The fraction of sp³-hybridized carbons (Fsp3) is 0.900. The van der Waals surface area contributed by atoms with Gasteiger partial charge in [-0.2, -0.15) is 0 Å². The Labute approximate surface area is 85.4 Å². The fourth-order valence-corrected chi connectivity index (χ4v) is 1.67. The summed E-state index contributed by atoms with van der Waals surface area (Å²) < 4.78 is 4.91. The molecule has 0 aliphatic carbocycles. The quantitative estimate of drug-likeness (QED) is 0.667. The summed E-state index contributed by atoms with van der Waals surface area (Å²) in [5.74, 6) is 0.244. The third kappa shape index (κ3) is 3.64. The van der Waals surface area contributed by atoms with E-state index in [2.05, 4.69) is 0 Å². The zero-order chi connectivity index (χ0) is 10.4. The molecule has 0 bridgehead atoms. The number of nitrogens with two attached hydrogens (primary N) is 1. The molecule has 0 aromatic carbocycles. The van der Waals surface area contributed by atoms with Gasteiger partial charge in [-0.1, -0.05) is 0 Å². The predicted octanol–water partition coefficient (Wildman–Crippen LogP) is 0.363. The van der Waals surface area contributed by atoms with Gasteiger partial charge < -0.3 is 15.4 Å². The lowest BCUT2D eigenvalue weighted by Crippen LogP contribution is -2.42. The van der Waals surface area contributed by atoms with Crippen molar-refractivity contribution < 1.29 is 9.53 Å². The van der Waals surface area contributed by atoms with Gasteiger partial charge in [0.05, 0.1) is 0 Å². The SMILES string of the molecule is COCCCC(=O)N1CCC(N)CC1. The van der Waals surface area contributed by atoms with Crippen molar-refractivity contribution in [1.29, 1.82) is 0 Å². The Morgan fingerprint density at radius 2 is 2.14 bits per heavy atom. The Bertz CT molecular complexity index is 177. The average molecular weight is 200 g/mol. The summed E-state index contributed by atoms with van der Waals surface area (Å²) in [7, 11) is 1.66. The minimum Gasteiger partial charge on any atom is -0.385 e. The van der Waals surface area contributed by atoms with Gasteiger partial charge in [0.25, 0.3) is 0 Å². The summed E-state index contributed by atoms with van der Waals surface area (Å²) in [5, 5.41) is 0. The Morgan fingerprint density at radius 1 is 1.50 bits per heavy atom. The van der Waals surface area contributed by atoms with E-state index in [1.165, 1.54) is 0 Å². The third-order valence-corrected chi connectivity index (χ3v) is 2.63. The maximum Gasteiger partial charge on any atom is 0.222 e. The molecule has 1 aliphatic rings. The first-order valence-electron chi connectivity index (χ1n) is 5.26. The van der Waals surface area contributed by atoms with Crippen LogP contribution in [-0.2, 0) is 9.53 Å². The molecule has 1 aliphatic heterocycles. The van der Waals surface area contributed by atoms with Crippen LogP contribution in [0.5, 0.6) is 0 Å². The molecule has 0 saturated carbocycles. The van der Waals surface area contributed by atoms with Gasteiger partial charge in [0.15, 0.2) is 0 Å². The summed E-state index contributed by atoms with van der Waals surface area (Å²) >= 11 is 0. The van der Waals surface area contributed by atoms with Crippen molar-refractivity contribution in [3.05, 3.63) is 0 Å². The topological polar surface area (TPSA) is 55.6 Å². The minimum absolute atomic E-state index is 0.244. The minimum atomic E-state index is 0.244. The van der Waals surface area contributed by atoms with Gasteiger partial charge in [0.1, 0.15) is 0 Å². The number of likely N-dealkylation sites (tertiary alicyclic amines) is 1. The first-order valence-corrected chi connectivity index (χ1v) is 5.26. The highest BCUT2D eigenvalue weighted by Crippen LogP contribution is 2.10. The molecule has 14 heavy (non-hydrogen) atoms. The predicted molar refractivity (Wildman–Crippen MR) is 54.9 cm³/mol. The van der Waals surface area contributed by atoms with Crippen molar-refractivity contribution in [3.63, 3.8) is 0 Å². The van der Waals surface area contributed by atoms with Crippen LogP contribution in [0.15, 0.2) is 0 Å². The van der Waals surface area contributed by atoms with E-state index in [1.807, 2.05) is 4.90 Å². The van der Waals surface area contributed by atoms with Gasteiger partial charge in [-0.3, -0.25) is 4.79 Å². The van der Waals surface area contributed by atoms with Crippen molar-refractivity contribution in [2.75, 3.05) is 26.8 Å². The molecule has 2 N–H and O–H groups in total. The van der Waals surface area contributed by atoms with Crippen LogP contribution in [-0.4, -0.2) is 43.7 Å². The lowest BCUT2D eigenvalue weighted by Gasteiger charge is -2.30. The summed E-state index contributed by atoms with van der Waals surface area (Å²) in [6.07, 6.45) is 3.30. The number of carbonyl (C=O) groups is 1. The second-order valence-electron chi connectivity index (χ2n) is 3.81. The number of nitrogens with zero attached hydrogens (tertiary/aromatic N) is 1. The number of amides is 1. The van der Waals surface area contributed by atoms with Crippen LogP contribution in [0.3, 0.4) is 0 Å². The van der Waals surface area contributed by atoms with Crippen LogP contribution in [0.1, 0.15) is 25.7 Å². The molecule has 4 heteroatoms. The van der Waals surface area contributed by atoms with Crippen molar-refractivity contribution in [1.82, 2.24) is 4.90 Å². The second-order valence-corrected chi connectivity index (χ2v) is 3.81. The van der Waals surface area contributed by atoms with E-state index in [0.717, 1.165) is 32.4 Å². The van der Waals surface area contributed by atoms with Crippen LogP contribution in [0.25, 0.3) is 0 Å². The Morgan fingerprint density at radius 3 is 2.71 bits per heavy atom. The first kappa shape index (κ1) is 11.5. The van der Waals surface area contributed by atoms with E-state index in [0.29, 0.717) is 13.0 Å². The summed E-state index contributed by atoms with van der Waals surface area (Å²) in [6, 6.07) is 0.290. The van der Waals surface area contributed by atoms with Crippen LogP contribution >= 0.6 is 0 Å². The summed E-state index contributed by atoms with van der Waals surface area (Å²) in [6.45, 7) is 2.32. The molecule has 1 heterocycles. The van der Waals surface area contributed by atoms with Gasteiger partial charge >= 0.3 is 0 Å². The smallest absolute Gasteiger partial charge is 0.222 e.